The number of hydrogen-bond acceptors (Lipinski definition) is 5. The molecule has 2 unspecified atom stereocenters. The first-order valence-corrected chi connectivity index (χ1v) is 16.9. The molecule has 3 aliphatic rings. The molecule has 6 rings (SSSR count). The molecule has 248 valence electrons. The third kappa shape index (κ3) is 6.09. The number of alkyl halides is 5. The van der Waals surface area contributed by atoms with Crippen molar-refractivity contribution in [2.24, 2.45) is 5.73 Å². The maximum atomic E-state index is 16.5. The third-order valence-corrected chi connectivity index (χ3v) is 11.4. The lowest BCUT2D eigenvalue weighted by Gasteiger charge is -2.42. The van der Waals surface area contributed by atoms with Gasteiger partial charge < -0.3 is 15.4 Å². The van der Waals surface area contributed by atoms with Gasteiger partial charge in [-0.2, -0.15) is 26.3 Å². The Bertz CT molecular complexity index is 1700. The van der Waals surface area contributed by atoms with Crippen molar-refractivity contribution >= 4 is 26.7 Å². The molecule has 2 bridgehead atoms. The first-order chi connectivity index (χ1) is 21.7. The predicted molar refractivity (Wildman–Crippen MR) is 162 cm³/mol. The van der Waals surface area contributed by atoms with Gasteiger partial charge in [0.1, 0.15) is 5.75 Å². The van der Waals surface area contributed by atoms with Crippen LogP contribution < -0.4 is 10.5 Å². The van der Waals surface area contributed by atoms with E-state index in [1.807, 2.05) is 0 Å². The number of sulfonamides is 1. The number of likely N-dealkylation sites (N-methyl/N-ethyl adjacent to an activating group) is 1. The fraction of sp³-hybridized carbons (Fsp3) is 0.485. The summed E-state index contributed by atoms with van der Waals surface area (Å²) in [7, 11) is -3.81. The second-order valence-electron chi connectivity index (χ2n) is 12.7. The lowest BCUT2D eigenvalue weighted by atomic mass is 9.94. The molecule has 2 N–H and O–H groups in total. The Balaban J connectivity index is 1.36. The zero-order chi connectivity index (χ0) is 33.0. The molecule has 3 atom stereocenters. The van der Waals surface area contributed by atoms with Gasteiger partial charge in [-0.15, -0.1) is 0 Å². The Morgan fingerprint density at radius 1 is 0.870 bits per heavy atom. The van der Waals surface area contributed by atoms with Gasteiger partial charge in [0.25, 0.3) is 5.92 Å². The molecule has 3 aromatic carbocycles. The van der Waals surface area contributed by atoms with Gasteiger partial charge in [-0.1, -0.05) is 24.3 Å². The second kappa shape index (κ2) is 12.1. The number of fused-ring (bicyclic) bond motifs is 3. The van der Waals surface area contributed by atoms with Crippen molar-refractivity contribution in [2.45, 2.75) is 98.6 Å². The number of piperidine rings is 1. The SMILES string of the molecule is CN([C@@H](C(=O)N1C2CCC1CC(N)C2)C(F)(F)c1ccc(C(F)(F)F)cc1)S(=O)(=O)c1ccc2cc(OC3CCCC3)ccc2c1. The molecule has 2 aliphatic heterocycles. The van der Waals surface area contributed by atoms with Crippen molar-refractivity contribution in [1.82, 2.24) is 9.21 Å². The van der Waals surface area contributed by atoms with Crippen LogP contribution in [0.4, 0.5) is 22.0 Å². The van der Waals surface area contributed by atoms with E-state index in [-0.39, 0.29) is 17.0 Å². The lowest BCUT2D eigenvalue weighted by molar-refractivity contribution is -0.155. The minimum Gasteiger partial charge on any atom is -0.490 e. The predicted octanol–water partition coefficient (Wildman–Crippen LogP) is 6.44. The summed E-state index contributed by atoms with van der Waals surface area (Å²) in [6.45, 7) is 0. The monoisotopic (exact) mass is 665 g/mol. The molecule has 1 aliphatic carbocycles. The van der Waals surface area contributed by atoms with E-state index >= 15 is 8.78 Å². The zero-order valence-electron chi connectivity index (χ0n) is 25.2. The minimum absolute atomic E-state index is 0.123. The number of ether oxygens (including phenoxy) is 1. The van der Waals surface area contributed by atoms with Gasteiger partial charge in [-0.25, -0.2) is 8.42 Å². The third-order valence-electron chi connectivity index (χ3n) is 9.63. The number of nitrogens with two attached hydrogens (primary N) is 1. The van der Waals surface area contributed by atoms with E-state index in [1.165, 1.54) is 17.0 Å². The fourth-order valence-electron chi connectivity index (χ4n) is 7.24. The highest BCUT2D eigenvalue weighted by Gasteiger charge is 2.56. The summed E-state index contributed by atoms with van der Waals surface area (Å²) >= 11 is 0. The molecule has 13 heteroatoms. The van der Waals surface area contributed by atoms with Crippen LogP contribution in [0.5, 0.6) is 5.75 Å². The van der Waals surface area contributed by atoms with Crippen molar-refractivity contribution < 1.29 is 39.9 Å². The van der Waals surface area contributed by atoms with Crippen molar-refractivity contribution in [3.63, 3.8) is 0 Å². The molecular formula is C33H36F5N3O4S. The number of benzene rings is 3. The smallest absolute Gasteiger partial charge is 0.416 e. The van der Waals surface area contributed by atoms with Gasteiger partial charge in [0.15, 0.2) is 6.04 Å². The summed E-state index contributed by atoms with van der Waals surface area (Å²) < 4.78 is 107. The first-order valence-electron chi connectivity index (χ1n) is 15.5. The van der Waals surface area contributed by atoms with Gasteiger partial charge in [-0.3, -0.25) is 4.79 Å². The zero-order valence-corrected chi connectivity index (χ0v) is 26.0. The Morgan fingerprint density at radius 2 is 1.43 bits per heavy atom. The van der Waals surface area contributed by atoms with E-state index in [1.54, 1.807) is 24.3 Å². The normalized spacial score (nSPS) is 23.3. The Morgan fingerprint density at radius 3 is 2.04 bits per heavy atom. The topological polar surface area (TPSA) is 92.9 Å². The van der Waals surface area contributed by atoms with Crippen LogP contribution in [0.2, 0.25) is 0 Å². The highest BCUT2D eigenvalue weighted by Crippen LogP contribution is 2.43. The molecular weight excluding hydrogens is 629 g/mol. The number of rotatable bonds is 8. The highest BCUT2D eigenvalue weighted by molar-refractivity contribution is 7.89. The Labute approximate surface area is 264 Å². The quantitative estimate of drug-likeness (QED) is 0.280. The van der Waals surface area contributed by atoms with Crippen LogP contribution in [0.3, 0.4) is 0 Å². The molecule has 46 heavy (non-hydrogen) atoms. The molecule has 2 heterocycles. The summed E-state index contributed by atoms with van der Waals surface area (Å²) in [6, 6.07) is 7.89. The molecule has 0 spiro atoms. The molecule has 3 fully saturated rings. The van der Waals surface area contributed by atoms with Crippen LogP contribution in [-0.2, 0) is 26.9 Å². The molecule has 7 nitrogen and oxygen atoms in total. The lowest BCUT2D eigenvalue weighted by Crippen LogP contribution is -2.61. The first kappa shape index (κ1) is 32.6. The van der Waals surface area contributed by atoms with Crippen LogP contribution >= 0.6 is 0 Å². The summed E-state index contributed by atoms with van der Waals surface area (Å²) in [5.41, 5.74) is 4.07. The molecule has 1 saturated carbocycles. The Hall–Kier alpha value is -3.29. The van der Waals surface area contributed by atoms with E-state index in [4.69, 9.17) is 10.5 Å². The molecule has 0 aromatic heterocycles. The number of nitrogens with zero attached hydrogens (tertiary/aromatic N) is 2. The van der Waals surface area contributed by atoms with Crippen molar-refractivity contribution in [3.8, 4) is 5.75 Å². The molecule has 1 amide bonds. The minimum atomic E-state index is -4.77. The van der Waals surface area contributed by atoms with E-state index in [0.29, 0.717) is 70.8 Å². The number of carbonyl (C=O) groups is 1. The van der Waals surface area contributed by atoms with Crippen LogP contribution in [-0.4, -0.2) is 60.8 Å². The van der Waals surface area contributed by atoms with Crippen LogP contribution in [0, 0.1) is 0 Å². The highest BCUT2D eigenvalue weighted by atomic mass is 32.2. The van der Waals surface area contributed by atoms with Gasteiger partial charge >= 0.3 is 6.18 Å². The van der Waals surface area contributed by atoms with Crippen LogP contribution in [0.1, 0.15) is 62.5 Å². The van der Waals surface area contributed by atoms with Crippen molar-refractivity contribution in [3.05, 3.63) is 71.8 Å². The van der Waals surface area contributed by atoms with Crippen LogP contribution in [0.15, 0.2) is 65.6 Å². The van der Waals surface area contributed by atoms with E-state index < -0.39 is 57.3 Å². The number of hydrogen-bond donors (Lipinski definition) is 1. The van der Waals surface area contributed by atoms with Gasteiger partial charge in [-0.05, 0) is 98.5 Å². The summed E-state index contributed by atoms with van der Waals surface area (Å²) in [5.74, 6) is -4.65. The van der Waals surface area contributed by atoms with Crippen molar-refractivity contribution in [2.75, 3.05) is 7.05 Å². The molecule has 3 aromatic rings. The van der Waals surface area contributed by atoms with Crippen LogP contribution in [0.25, 0.3) is 10.8 Å². The van der Waals surface area contributed by atoms with E-state index in [9.17, 15) is 26.4 Å². The Kier molecular flexibility index (Phi) is 8.56. The van der Waals surface area contributed by atoms with Gasteiger partial charge in [0, 0.05) is 30.7 Å². The molecule has 2 saturated heterocycles. The van der Waals surface area contributed by atoms with E-state index in [0.717, 1.165) is 32.7 Å². The van der Waals surface area contributed by atoms with Gasteiger partial charge in [0.2, 0.25) is 15.9 Å². The molecule has 0 radical (unpaired) electrons. The standard InChI is InChI=1S/C33H36F5N3O4S/c1-40(46(43,44)29-15-7-20-16-28(14-6-21(20)17-29)45-27-4-2-3-5-27)30(31(42)41-25-12-13-26(41)19-24(39)18-25)32(34,35)22-8-10-23(11-9-22)33(36,37)38/h6-11,14-17,24-27,30H,2-5,12-13,18-19,39H2,1H3/t24?,25?,26?,30-/m0/s1. The largest absolute Gasteiger partial charge is 0.490 e. The maximum absolute atomic E-state index is 16.5. The average Bonchev–Trinajstić information content (AvgIpc) is 3.61. The summed E-state index contributed by atoms with van der Waals surface area (Å²) in [6.07, 6.45) is 1.32. The number of halogens is 5. The van der Waals surface area contributed by atoms with Gasteiger partial charge in [0.05, 0.1) is 16.6 Å². The van der Waals surface area contributed by atoms with Crippen molar-refractivity contribution in [1.29, 1.82) is 0 Å². The average molecular weight is 666 g/mol. The number of amides is 1. The fourth-order valence-corrected chi connectivity index (χ4v) is 8.59. The second-order valence-corrected chi connectivity index (χ2v) is 14.7. The van der Waals surface area contributed by atoms with E-state index in [2.05, 4.69) is 0 Å². The maximum Gasteiger partial charge on any atom is 0.416 e. The summed E-state index contributed by atoms with van der Waals surface area (Å²) in [5, 5.41) is 1.20. The number of carbonyl (C=O) groups excluding carboxylic acids is 1. The summed E-state index contributed by atoms with van der Waals surface area (Å²) in [4.78, 5) is 15.1.